The standard InChI is InChI=1S/C13H14F2N2OS/c1-8-7-19-12(17-8)6-11(16)9-3-2-4-10(5-9)18-13(14)15/h2-5,7,11,13H,6,16H2,1H3. The number of hydrogen-bond acceptors (Lipinski definition) is 4. The minimum Gasteiger partial charge on any atom is -0.435 e. The van der Waals surface area contributed by atoms with E-state index >= 15 is 0 Å². The van der Waals surface area contributed by atoms with Crippen LogP contribution in [0.1, 0.15) is 22.3 Å². The second-order valence-electron chi connectivity index (χ2n) is 4.14. The quantitative estimate of drug-likeness (QED) is 0.916. The molecule has 0 radical (unpaired) electrons. The largest absolute Gasteiger partial charge is 0.435 e. The van der Waals surface area contributed by atoms with Gasteiger partial charge in [-0.05, 0) is 24.6 Å². The summed E-state index contributed by atoms with van der Waals surface area (Å²) in [4.78, 5) is 4.33. The van der Waals surface area contributed by atoms with Gasteiger partial charge in [-0.3, -0.25) is 0 Å². The van der Waals surface area contributed by atoms with Crippen molar-refractivity contribution in [3.05, 3.63) is 45.9 Å². The molecule has 0 amide bonds. The van der Waals surface area contributed by atoms with Crippen molar-refractivity contribution in [2.24, 2.45) is 5.73 Å². The molecule has 0 spiro atoms. The number of ether oxygens (including phenoxy) is 1. The van der Waals surface area contributed by atoms with Gasteiger partial charge in [0.05, 0.1) is 5.01 Å². The number of nitrogens with two attached hydrogens (primary N) is 1. The van der Waals surface area contributed by atoms with Gasteiger partial charge in [-0.1, -0.05) is 12.1 Å². The van der Waals surface area contributed by atoms with E-state index in [1.165, 1.54) is 12.1 Å². The van der Waals surface area contributed by atoms with Crippen LogP contribution in [0.4, 0.5) is 8.78 Å². The highest BCUT2D eigenvalue weighted by molar-refractivity contribution is 7.09. The maximum absolute atomic E-state index is 12.1. The molecule has 0 saturated carbocycles. The van der Waals surface area contributed by atoms with Gasteiger partial charge in [0.1, 0.15) is 5.75 Å². The highest BCUT2D eigenvalue weighted by Crippen LogP contribution is 2.23. The van der Waals surface area contributed by atoms with Crippen LogP contribution in [-0.4, -0.2) is 11.6 Å². The van der Waals surface area contributed by atoms with E-state index < -0.39 is 6.61 Å². The molecule has 0 aliphatic heterocycles. The van der Waals surface area contributed by atoms with Crippen LogP contribution in [0.3, 0.4) is 0 Å². The Kier molecular flexibility index (Phi) is 4.44. The second kappa shape index (κ2) is 6.08. The third kappa shape index (κ3) is 3.97. The highest BCUT2D eigenvalue weighted by Gasteiger charge is 2.11. The topological polar surface area (TPSA) is 48.1 Å². The smallest absolute Gasteiger partial charge is 0.387 e. The summed E-state index contributed by atoms with van der Waals surface area (Å²) in [5, 5.41) is 2.89. The first-order valence-electron chi connectivity index (χ1n) is 5.76. The zero-order valence-electron chi connectivity index (χ0n) is 10.3. The van der Waals surface area contributed by atoms with Gasteiger partial charge < -0.3 is 10.5 Å². The second-order valence-corrected chi connectivity index (χ2v) is 5.09. The van der Waals surface area contributed by atoms with Crippen LogP contribution >= 0.6 is 11.3 Å². The molecular weight excluding hydrogens is 270 g/mol. The monoisotopic (exact) mass is 284 g/mol. The number of alkyl halides is 2. The molecule has 0 bridgehead atoms. The molecule has 6 heteroatoms. The van der Waals surface area contributed by atoms with Crippen LogP contribution < -0.4 is 10.5 Å². The van der Waals surface area contributed by atoms with E-state index in [-0.39, 0.29) is 11.8 Å². The van der Waals surface area contributed by atoms with Crippen molar-refractivity contribution in [1.29, 1.82) is 0 Å². The fourth-order valence-corrected chi connectivity index (χ4v) is 2.56. The first kappa shape index (κ1) is 13.9. The molecule has 3 nitrogen and oxygen atoms in total. The Labute approximate surface area is 114 Å². The Balaban J connectivity index is 2.08. The van der Waals surface area contributed by atoms with Gasteiger partial charge >= 0.3 is 6.61 Å². The molecule has 0 aliphatic rings. The van der Waals surface area contributed by atoms with E-state index in [0.717, 1.165) is 16.3 Å². The maximum atomic E-state index is 12.1. The number of halogens is 2. The number of aromatic nitrogens is 1. The molecule has 0 aliphatic carbocycles. The Hall–Kier alpha value is -1.53. The van der Waals surface area contributed by atoms with E-state index in [0.29, 0.717) is 6.42 Å². The zero-order chi connectivity index (χ0) is 13.8. The summed E-state index contributed by atoms with van der Waals surface area (Å²) >= 11 is 1.55. The van der Waals surface area contributed by atoms with E-state index in [9.17, 15) is 8.78 Å². The molecule has 2 aromatic rings. The van der Waals surface area contributed by atoms with Crippen molar-refractivity contribution in [2.75, 3.05) is 0 Å². The zero-order valence-corrected chi connectivity index (χ0v) is 11.2. The number of benzene rings is 1. The summed E-state index contributed by atoms with van der Waals surface area (Å²) in [6, 6.07) is 6.18. The van der Waals surface area contributed by atoms with Gasteiger partial charge in [-0.25, -0.2) is 4.98 Å². The Morgan fingerprint density at radius 3 is 2.84 bits per heavy atom. The minimum atomic E-state index is -2.83. The average molecular weight is 284 g/mol. The first-order valence-corrected chi connectivity index (χ1v) is 6.64. The van der Waals surface area contributed by atoms with Crippen LogP contribution in [0.2, 0.25) is 0 Å². The number of aryl methyl sites for hydroxylation is 1. The first-order chi connectivity index (χ1) is 9.04. The summed E-state index contributed by atoms with van der Waals surface area (Å²) in [6.07, 6.45) is 0.580. The van der Waals surface area contributed by atoms with Crippen LogP contribution in [0.5, 0.6) is 5.75 Å². The van der Waals surface area contributed by atoms with Gasteiger partial charge in [0.2, 0.25) is 0 Å². The van der Waals surface area contributed by atoms with Gasteiger partial charge in [0.15, 0.2) is 0 Å². The van der Waals surface area contributed by atoms with Crippen molar-refractivity contribution in [2.45, 2.75) is 26.0 Å². The molecule has 1 atom stereocenters. The fraction of sp³-hybridized carbons (Fsp3) is 0.308. The van der Waals surface area contributed by atoms with E-state index in [1.54, 1.807) is 23.5 Å². The third-order valence-corrected chi connectivity index (χ3v) is 3.56. The molecule has 1 aromatic heterocycles. The lowest BCUT2D eigenvalue weighted by Gasteiger charge is -2.12. The number of nitrogens with zero attached hydrogens (tertiary/aromatic N) is 1. The van der Waals surface area contributed by atoms with Crippen LogP contribution in [0, 0.1) is 6.92 Å². The molecule has 2 rings (SSSR count). The lowest BCUT2D eigenvalue weighted by atomic mass is 10.0. The van der Waals surface area contributed by atoms with Crippen LogP contribution in [0.15, 0.2) is 29.6 Å². The lowest BCUT2D eigenvalue weighted by molar-refractivity contribution is -0.0498. The molecule has 102 valence electrons. The molecule has 0 saturated heterocycles. The molecule has 2 N–H and O–H groups in total. The summed E-state index contributed by atoms with van der Waals surface area (Å²) in [6.45, 7) is -0.907. The predicted octanol–water partition coefficient (Wildman–Crippen LogP) is 3.30. The van der Waals surface area contributed by atoms with Crippen molar-refractivity contribution < 1.29 is 13.5 Å². The molecule has 1 aromatic carbocycles. The summed E-state index contributed by atoms with van der Waals surface area (Å²) < 4.78 is 28.6. The van der Waals surface area contributed by atoms with E-state index in [1.807, 2.05) is 12.3 Å². The summed E-state index contributed by atoms with van der Waals surface area (Å²) in [5.41, 5.74) is 7.78. The molecule has 0 fully saturated rings. The SMILES string of the molecule is Cc1csc(CC(N)c2cccc(OC(F)F)c2)n1. The molecule has 1 heterocycles. The number of thiazole rings is 1. The summed E-state index contributed by atoms with van der Waals surface area (Å²) in [5.74, 6) is 0.123. The summed E-state index contributed by atoms with van der Waals surface area (Å²) in [7, 11) is 0. The van der Waals surface area contributed by atoms with Gasteiger partial charge in [-0.15, -0.1) is 11.3 Å². The van der Waals surface area contributed by atoms with E-state index in [2.05, 4.69) is 9.72 Å². The van der Waals surface area contributed by atoms with Crippen molar-refractivity contribution in [1.82, 2.24) is 4.98 Å². The fourth-order valence-electron chi connectivity index (χ4n) is 1.72. The highest BCUT2D eigenvalue weighted by atomic mass is 32.1. The molecule has 1 unspecified atom stereocenters. The minimum absolute atomic E-state index is 0.123. The van der Waals surface area contributed by atoms with Crippen molar-refractivity contribution in [3.63, 3.8) is 0 Å². The third-order valence-electron chi connectivity index (χ3n) is 2.57. The Bertz CT molecular complexity index is 545. The van der Waals surface area contributed by atoms with Crippen molar-refractivity contribution >= 4 is 11.3 Å². The van der Waals surface area contributed by atoms with Gasteiger partial charge in [-0.2, -0.15) is 8.78 Å². The Morgan fingerprint density at radius 1 is 1.42 bits per heavy atom. The molecular formula is C13H14F2N2OS. The Morgan fingerprint density at radius 2 is 2.21 bits per heavy atom. The van der Waals surface area contributed by atoms with Crippen molar-refractivity contribution in [3.8, 4) is 5.75 Å². The lowest BCUT2D eigenvalue weighted by Crippen LogP contribution is -2.13. The van der Waals surface area contributed by atoms with Crippen LogP contribution in [0.25, 0.3) is 0 Å². The van der Waals surface area contributed by atoms with Gasteiger partial charge in [0, 0.05) is 23.5 Å². The van der Waals surface area contributed by atoms with Crippen LogP contribution in [-0.2, 0) is 6.42 Å². The number of rotatable bonds is 5. The predicted molar refractivity (Wildman–Crippen MR) is 70.6 cm³/mol. The van der Waals surface area contributed by atoms with E-state index in [4.69, 9.17) is 5.73 Å². The number of hydrogen-bond donors (Lipinski definition) is 1. The normalized spacial score (nSPS) is 12.7. The van der Waals surface area contributed by atoms with Gasteiger partial charge in [0.25, 0.3) is 0 Å². The maximum Gasteiger partial charge on any atom is 0.387 e. The molecule has 19 heavy (non-hydrogen) atoms. The average Bonchev–Trinajstić information content (AvgIpc) is 2.74.